The number of benzene rings is 4. The lowest BCUT2D eigenvalue weighted by atomic mass is 10.1. The Balaban J connectivity index is 1.37. The molecule has 0 bridgehead atoms. The number of nitrogens with zero attached hydrogens (tertiary/aromatic N) is 2. The lowest BCUT2D eigenvalue weighted by Crippen LogP contribution is -2.07. The summed E-state index contributed by atoms with van der Waals surface area (Å²) in [5, 5.41) is 15.8. The molecule has 4 aromatic carbocycles. The number of anilines is 1. The number of carbonyl (C=O) groups excluding carboxylic acids is 1. The zero-order valence-electron chi connectivity index (χ0n) is 17.3. The fourth-order valence-corrected chi connectivity index (χ4v) is 3.61. The number of amides is 1. The van der Waals surface area contributed by atoms with E-state index in [4.69, 9.17) is 4.42 Å². The highest BCUT2D eigenvalue weighted by atomic mass is 16.6. The number of hydrogen-bond acceptors (Lipinski definition) is 5. The highest BCUT2D eigenvalue weighted by molar-refractivity contribution is 6.04. The molecule has 1 N–H and O–H groups in total. The minimum Gasteiger partial charge on any atom is -0.436 e. The number of non-ortho nitro benzene ring substituents is 1. The predicted molar refractivity (Wildman–Crippen MR) is 128 cm³/mol. The normalized spacial score (nSPS) is 11.3. The van der Waals surface area contributed by atoms with Crippen LogP contribution in [0.1, 0.15) is 5.56 Å². The van der Waals surface area contributed by atoms with E-state index in [1.165, 1.54) is 24.3 Å². The highest BCUT2D eigenvalue weighted by Crippen LogP contribution is 2.30. The van der Waals surface area contributed by atoms with E-state index in [1.807, 2.05) is 48.5 Å². The fourth-order valence-electron chi connectivity index (χ4n) is 3.61. The number of fused-ring (bicyclic) bond motifs is 3. The van der Waals surface area contributed by atoms with Crippen molar-refractivity contribution in [2.75, 3.05) is 5.32 Å². The second-order valence-electron chi connectivity index (χ2n) is 7.41. The zero-order valence-corrected chi connectivity index (χ0v) is 17.3. The Bertz CT molecular complexity index is 1550. The zero-order chi connectivity index (χ0) is 22.8. The maximum atomic E-state index is 12.4. The highest BCUT2D eigenvalue weighted by Gasteiger charge is 2.12. The van der Waals surface area contributed by atoms with Gasteiger partial charge in [-0.3, -0.25) is 14.9 Å². The first-order valence-electron chi connectivity index (χ1n) is 10.2. The molecule has 0 saturated carbocycles. The van der Waals surface area contributed by atoms with E-state index in [2.05, 4.69) is 10.3 Å². The van der Waals surface area contributed by atoms with Crippen molar-refractivity contribution in [1.82, 2.24) is 4.98 Å². The van der Waals surface area contributed by atoms with Crippen molar-refractivity contribution >= 4 is 45.2 Å². The van der Waals surface area contributed by atoms with Gasteiger partial charge in [-0.1, -0.05) is 48.5 Å². The molecular weight excluding hydrogens is 418 g/mol. The summed E-state index contributed by atoms with van der Waals surface area (Å²) in [4.78, 5) is 27.5. The molecule has 0 aliphatic rings. The molecule has 160 valence electrons. The van der Waals surface area contributed by atoms with Crippen molar-refractivity contribution in [3.63, 3.8) is 0 Å². The summed E-state index contributed by atoms with van der Waals surface area (Å²) in [6.45, 7) is 0. The van der Waals surface area contributed by atoms with Crippen molar-refractivity contribution in [3.05, 3.63) is 107 Å². The van der Waals surface area contributed by atoms with E-state index in [0.29, 0.717) is 22.7 Å². The molecule has 0 aliphatic carbocycles. The van der Waals surface area contributed by atoms with Crippen molar-refractivity contribution in [1.29, 1.82) is 0 Å². The second kappa shape index (κ2) is 8.39. The van der Waals surface area contributed by atoms with Crippen LogP contribution in [0.3, 0.4) is 0 Å². The van der Waals surface area contributed by atoms with Gasteiger partial charge in [0.2, 0.25) is 11.8 Å². The molecule has 1 aromatic heterocycles. The molecule has 0 spiro atoms. The number of nitro groups is 1. The van der Waals surface area contributed by atoms with Crippen LogP contribution in [0.2, 0.25) is 0 Å². The number of carbonyl (C=O) groups is 1. The average Bonchev–Trinajstić information content (AvgIpc) is 3.28. The molecule has 1 heterocycles. The van der Waals surface area contributed by atoms with Crippen molar-refractivity contribution in [2.24, 2.45) is 0 Å². The number of rotatable bonds is 5. The Hall–Kier alpha value is -4.78. The maximum Gasteiger partial charge on any atom is 0.270 e. The molecule has 0 saturated heterocycles. The van der Waals surface area contributed by atoms with E-state index >= 15 is 0 Å². The van der Waals surface area contributed by atoms with Gasteiger partial charge >= 0.3 is 0 Å². The second-order valence-corrected chi connectivity index (χ2v) is 7.41. The van der Waals surface area contributed by atoms with E-state index in [9.17, 15) is 14.9 Å². The summed E-state index contributed by atoms with van der Waals surface area (Å²) in [5.74, 6) is 0.104. The molecule has 0 aliphatic heterocycles. The average molecular weight is 435 g/mol. The third-order valence-corrected chi connectivity index (χ3v) is 5.17. The Labute approximate surface area is 188 Å². The largest absolute Gasteiger partial charge is 0.436 e. The van der Waals surface area contributed by atoms with Gasteiger partial charge in [0.15, 0.2) is 5.58 Å². The molecule has 7 heteroatoms. The summed E-state index contributed by atoms with van der Waals surface area (Å²) in [6, 6.07) is 25.2. The Morgan fingerprint density at radius 2 is 1.82 bits per heavy atom. The Morgan fingerprint density at radius 3 is 2.70 bits per heavy atom. The summed E-state index contributed by atoms with van der Waals surface area (Å²) in [7, 11) is 0. The number of nitrogens with one attached hydrogen (secondary N) is 1. The van der Waals surface area contributed by atoms with Crippen LogP contribution in [0, 0.1) is 10.1 Å². The molecule has 5 rings (SSSR count). The molecule has 0 fully saturated rings. The van der Waals surface area contributed by atoms with Crippen LogP contribution in [0.25, 0.3) is 39.4 Å². The van der Waals surface area contributed by atoms with E-state index in [1.54, 1.807) is 24.3 Å². The summed E-state index contributed by atoms with van der Waals surface area (Å²) in [6.07, 6.45) is 2.86. The first kappa shape index (κ1) is 20.1. The van der Waals surface area contributed by atoms with Gasteiger partial charge in [-0.15, -0.1) is 0 Å². The number of nitro benzene ring substituents is 1. The monoisotopic (exact) mass is 435 g/mol. The molecule has 33 heavy (non-hydrogen) atoms. The van der Waals surface area contributed by atoms with Crippen LogP contribution in [0.5, 0.6) is 0 Å². The minimum atomic E-state index is -0.474. The van der Waals surface area contributed by atoms with Gasteiger partial charge in [0.1, 0.15) is 5.52 Å². The molecule has 0 atom stereocenters. The minimum absolute atomic E-state index is 0.0311. The number of aromatic nitrogens is 1. The van der Waals surface area contributed by atoms with Gasteiger partial charge in [-0.25, -0.2) is 4.98 Å². The number of oxazole rings is 1. The lowest BCUT2D eigenvalue weighted by molar-refractivity contribution is -0.384. The maximum absolute atomic E-state index is 12.4. The Kier molecular flexibility index (Phi) is 5.12. The first-order chi connectivity index (χ1) is 16.1. The SMILES string of the molecule is O=C(/C=C/c1cccc([N+](=O)[O-])c1)Nc1cccc(-c2nc3c(ccc4ccccc43)o2)c1. The van der Waals surface area contributed by atoms with E-state index in [-0.39, 0.29) is 11.6 Å². The topological polar surface area (TPSA) is 98.3 Å². The van der Waals surface area contributed by atoms with Gasteiger partial charge in [-0.05, 0) is 41.3 Å². The van der Waals surface area contributed by atoms with Crippen LogP contribution < -0.4 is 5.32 Å². The fraction of sp³-hybridized carbons (Fsp3) is 0. The van der Waals surface area contributed by atoms with E-state index in [0.717, 1.165) is 21.9 Å². The standard InChI is InChI=1S/C26H17N3O4/c30-24(14-11-17-5-3-9-21(15-17)29(31)32)27-20-8-4-7-19(16-20)26-28-25-22-10-2-1-6-18(22)12-13-23(25)33-26/h1-16H,(H,27,30)/b14-11+. The van der Waals surface area contributed by atoms with Crippen LogP contribution in [0.15, 0.2) is 95.4 Å². The summed E-state index contributed by atoms with van der Waals surface area (Å²) >= 11 is 0. The Morgan fingerprint density at radius 1 is 0.970 bits per heavy atom. The molecule has 0 unspecified atom stereocenters. The predicted octanol–water partition coefficient (Wildman–Crippen LogP) is 6.21. The molecule has 0 radical (unpaired) electrons. The summed E-state index contributed by atoms with van der Waals surface area (Å²) in [5.41, 5.74) is 3.32. The molecular formula is C26H17N3O4. The van der Waals surface area contributed by atoms with Gasteiger partial charge in [0.05, 0.1) is 4.92 Å². The van der Waals surface area contributed by atoms with Gasteiger partial charge in [0.25, 0.3) is 5.69 Å². The quantitative estimate of drug-likeness (QED) is 0.201. The van der Waals surface area contributed by atoms with Gasteiger partial charge in [-0.2, -0.15) is 0 Å². The van der Waals surface area contributed by atoms with Crippen LogP contribution >= 0.6 is 0 Å². The van der Waals surface area contributed by atoms with Crippen molar-refractivity contribution in [2.45, 2.75) is 0 Å². The third kappa shape index (κ3) is 4.20. The van der Waals surface area contributed by atoms with Crippen LogP contribution in [-0.4, -0.2) is 15.8 Å². The smallest absolute Gasteiger partial charge is 0.270 e. The lowest BCUT2D eigenvalue weighted by Gasteiger charge is -2.03. The molecule has 7 nitrogen and oxygen atoms in total. The van der Waals surface area contributed by atoms with Crippen molar-refractivity contribution < 1.29 is 14.1 Å². The first-order valence-corrected chi connectivity index (χ1v) is 10.2. The van der Waals surface area contributed by atoms with Gasteiger partial charge < -0.3 is 9.73 Å². The molecule has 1 amide bonds. The van der Waals surface area contributed by atoms with Crippen LogP contribution in [0.4, 0.5) is 11.4 Å². The van der Waals surface area contributed by atoms with E-state index < -0.39 is 4.92 Å². The summed E-state index contributed by atoms with van der Waals surface area (Å²) < 4.78 is 5.97. The van der Waals surface area contributed by atoms with Gasteiger partial charge in [0, 0.05) is 34.8 Å². The molecule has 5 aromatic rings. The third-order valence-electron chi connectivity index (χ3n) is 5.17. The van der Waals surface area contributed by atoms with Crippen molar-refractivity contribution in [3.8, 4) is 11.5 Å². The van der Waals surface area contributed by atoms with Crippen LogP contribution in [-0.2, 0) is 4.79 Å². The number of hydrogen-bond donors (Lipinski definition) is 1.